The molecule has 2 aliphatic heterocycles. The fourth-order valence-corrected chi connectivity index (χ4v) is 2.41. The minimum atomic E-state index is -0.234. The number of hydrogen-bond acceptors (Lipinski definition) is 4. The summed E-state index contributed by atoms with van der Waals surface area (Å²) >= 11 is 0. The van der Waals surface area contributed by atoms with E-state index in [0.717, 1.165) is 17.9 Å². The van der Waals surface area contributed by atoms with Crippen molar-refractivity contribution in [3.63, 3.8) is 0 Å². The number of ether oxygens (including phenoxy) is 1. The minimum absolute atomic E-state index is 0.234. The van der Waals surface area contributed by atoms with Gasteiger partial charge in [0.25, 0.3) is 0 Å². The van der Waals surface area contributed by atoms with Crippen LogP contribution in [0.15, 0.2) is 18.2 Å². The second-order valence-corrected chi connectivity index (χ2v) is 4.23. The zero-order valence-electron chi connectivity index (χ0n) is 8.39. The molecule has 1 aromatic rings. The van der Waals surface area contributed by atoms with Crippen molar-refractivity contribution in [1.29, 1.82) is 0 Å². The summed E-state index contributed by atoms with van der Waals surface area (Å²) in [6.45, 7) is 1.35. The maximum atomic E-state index is 9.62. The van der Waals surface area contributed by atoms with Crippen molar-refractivity contribution in [1.82, 2.24) is 0 Å². The second-order valence-electron chi connectivity index (χ2n) is 4.23. The molecule has 2 atom stereocenters. The van der Waals surface area contributed by atoms with E-state index in [-0.39, 0.29) is 6.10 Å². The van der Waals surface area contributed by atoms with Gasteiger partial charge in [0.05, 0.1) is 17.8 Å². The number of nitrogens with zero attached hydrogens (tertiary/aromatic N) is 1. The highest BCUT2D eigenvalue weighted by Gasteiger charge is 2.35. The Kier molecular flexibility index (Phi) is 1.79. The fraction of sp³-hybridized carbons (Fsp3) is 0.455. The van der Waals surface area contributed by atoms with Crippen molar-refractivity contribution in [3.8, 4) is 5.75 Å². The second kappa shape index (κ2) is 3.03. The van der Waals surface area contributed by atoms with Crippen molar-refractivity contribution in [2.45, 2.75) is 18.6 Å². The summed E-state index contributed by atoms with van der Waals surface area (Å²) in [5.41, 5.74) is 7.47. The molecule has 15 heavy (non-hydrogen) atoms. The topological polar surface area (TPSA) is 58.7 Å². The van der Waals surface area contributed by atoms with Crippen LogP contribution in [0.25, 0.3) is 0 Å². The van der Waals surface area contributed by atoms with Crippen LogP contribution in [0.3, 0.4) is 0 Å². The average molecular weight is 206 g/mol. The molecule has 2 aliphatic rings. The fourth-order valence-electron chi connectivity index (χ4n) is 2.41. The Morgan fingerprint density at radius 2 is 2.33 bits per heavy atom. The molecule has 4 heteroatoms. The van der Waals surface area contributed by atoms with Crippen LogP contribution >= 0.6 is 0 Å². The van der Waals surface area contributed by atoms with Gasteiger partial charge in [0, 0.05) is 18.3 Å². The molecule has 2 heterocycles. The number of fused-ring (bicyclic) bond motifs is 3. The van der Waals surface area contributed by atoms with Crippen LogP contribution in [-0.4, -0.2) is 30.4 Å². The van der Waals surface area contributed by atoms with E-state index in [1.165, 1.54) is 0 Å². The van der Waals surface area contributed by atoms with Crippen molar-refractivity contribution in [2.24, 2.45) is 0 Å². The van der Waals surface area contributed by atoms with Crippen LogP contribution in [-0.2, 0) is 0 Å². The highest BCUT2D eigenvalue weighted by molar-refractivity contribution is 5.66. The molecule has 0 aromatic heterocycles. The van der Waals surface area contributed by atoms with Gasteiger partial charge in [-0.2, -0.15) is 0 Å². The Labute approximate surface area is 88.3 Å². The Bertz CT molecular complexity index is 394. The van der Waals surface area contributed by atoms with Crippen molar-refractivity contribution < 1.29 is 9.84 Å². The summed E-state index contributed by atoms with van der Waals surface area (Å²) in [7, 11) is 0. The average Bonchev–Trinajstić information content (AvgIpc) is 2.58. The maximum absolute atomic E-state index is 9.62. The lowest BCUT2D eigenvalue weighted by atomic mass is 10.1. The highest BCUT2D eigenvalue weighted by Crippen LogP contribution is 2.38. The zero-order chi connectivity index (χ0) is 10.4. The SMILES string of the molecule is Nc1ccc2c(c1)OCC1CC(O)CN21. The monoisotopic (exact) mass is 206 g/mol. The molecule has 3 N–H and O–H groups in total. The molecule has 0 bridgehead atoms. The summed E-state index contributed by atoms with van der Waals surface area (Å²) < 4.78 is 5.63. The number of hydrogen-bond donors (Lipinski definition) is 2. The Morgan fingerprint density at radius 1 is 1.47 bits per heavy atom. The molecule has 1 aromatic carbocycles. The molecular formula is C11H14N2O2. The summed E-state index contributed by atoms with van der Waals surface area (Å²) in [5.74, 6) is 0.834. The standard InChI is InChI=1S/C11H14N2O2/c12-7-1-2-10-11(3-7)15-6-8-4-9(14)5-13(8)10/h1-3,8-9,14H,4-6,12H2. The van der Waals surface area contributed by atoms with Gasteiger partial charge in [0.15, 0.2) is 0 Å². The number of benzene rings is 1. The summed E-state index contributed by atoms with van der Waals surface area (Å²) in [5, 5.41) is 9.62. The molecule has 0 spiro atoms. The first-order valence-corrected chi connectivity index (χ1v) is 5.21. The number of nitrogens with two attached hydrogens (primary N) is 1. The predicted octanol–water partition coefficient (Wildman–Crippen LogP) is 0.601. The molecule has 1 fully saturated rings. The quantitative estimate of drug-likeness (QED) is 0.610. The van der Waals surface area contributed by atoms with Gasteiger partial charge in [0.2, 0.25) is 0 Å². The zero-order valence-corrected chi connectivity index (χ0v) is 8.39. The number of aliphatic hydroxyl groups excluding tert-OH is 1. The number of nitrogen functional groups attached to an aromatic ring is 1. The Morgan fingerprint density at radius 3 is 3.20 bits per heavy atom. The van der Waals surface area contributed by atoms with Crippen LogP contribution in [0.4, 0.5) is 11.4 Å². The Hall–Kier alpha value is -1.42. The Balaban J connectivity index is 2.01. The largest absolute Gasteiger partial charge is 0.489 e. The third kappa shape index (κ3) is 1.33. The van der Waals surface area contributed by atoms with E-state index in [1.807, 2.05) is 18.2 Å². The van der Waals surface area contributed by atoms with Gasteiger partial charge in [-0.25, -0.2) is 0 Å². The van der Waals surface area contributed by atoms with E-state index >= 15 is 0 Å². The molecule has 0 amide bonds. The van der Waals surface area contributed by atoms with Crippen molar-refractivity contribution in [2.75, 3.05) is 23.8 Å². The molecule has 0 radical (unpaired) electrons. The van der Waals surface area contributed by atoms with Gasteiger partial charge in [-0.15, -0.1) is 0 Å². The van der Waals surface area contributed by atoms with Gasteiger partial charge in [-0.05, 0) is 18.6 Å². The molecule has 1 saturated heterocycles. The third-order valence-corrected chi connectivity index (χ3v) is 3.12. The van der Waals surface area contributed by atoms with Crippen LogP contribution < -0.4 is 15.4 Å². The third-order valence-electron chi connectivity index (χ3n) is 3.12. The number of rotatable bonds is 0. The summed E-state index contributed by atoms with van der Waals surface area (Å²) in [6, 6.07) is 6.00. The molecule has 0 aliphatic carbocycles. The molecule has 3 rings (SSSR count). The first-order chi connectivity index (χ1) is 7.24. The number of aliphatic hydroxyl groups is 1. The number of anilines is 2. The smallest absolute Gasteiger partial charge is 0.144 e. The van der Waals surface area contributed by atoms with E-state index in [2.05, 4.69) is 4.90 Å². The van der Waals surface area contributed by atoms with E-state index in [4.69, 9.17) is 10.5 Å². The first kappa shape index (κ1) is 8.85. The molecule has 2 unspecified atom stereocenters. The summed E-state index contributed by atoms with van der Waals surface area (Å²) in [4.78, 5) is 2.21. The van der Waals surface area contributed by atoms with E-state index in [9.17, 15) is 5.11 Å². The lowest BCUT2D eigenvalue weighted by Gasteiger charge is -2.33. The molecule has 80 valence electrons. The summed E-state index contributed by atoms with van der Waals surface area (Å²) in [6.07, 6.45) is 0.561. The van der Waals surface area contributed by atoms with Gasteiger partial charge >= 0.3 is 0 Å². The van der Waals surface area contributed by atoms with Crippen LogP contribution in [0, 0.1) is 0 Å². The van der Waals surface area contributed by atoms with Crippen molar-refractivity contribution >= 4 is 11.4 Å². The lowest BCUT2D eigenvalue weighted by Crippen LogP contribution is -2.38. The minimum Gasteiger partial charge on any atom is -0.489 e. The van der Waals surface area contributed by atoms with Crippen LogP contribution in [0.2, 0.25) is 0 Å². The van der Waals surface area contributed by atoms with Crippen LogP contribution in [0.5, 0.6) is 5.75 Å². The van der Waals surface area contributed by atoms with Gasteiger partial charge in [-0.1, -0.05) is 0 Å². The highest BCUT2D eigenvalue weighted by atomic mass is 16.5. The lowest BCUT2D eigenvalue weighted by molar-refractivity contribution is 0.187. The van der Waals surface area contributed by atoms with Crippen LogP contribution in [0.1, 0.15) is 6.42 Å². The molecule has 4 nitrogen and oxygen atoms in total. The molecule has 0 saturated carbocycles. The first-order valence-electron chi connectivity index (χ1n) is 5.21. The van der Waals surface area contributed by atoms with E-state index in [1.54, 1.807) is 0 Å². The van der Waals surface area contributed by atoms with Gasteiger partial charge in [0.1, 0.15) is 12.4 Å². The maximum Gasteiger partial charge on any atom is 0.144 e. The predicted molar refractivity (Wildman–Crippen MR) is 58.1 cm³/mol. The van der Waals surface area contributed by atoms with Gasteiger partial charge < -0.3 is 20.5 Å². The van der Waals surface area contributed by atoms with Crippen molar-refractivity contribution in [3.05, 3.63) is 18.2 Å². The van der Waals surface area contributed by atoms with E-state index in [0.29, 0.717) is 24.9 Å². The van der Waals surface area contributed by atoms with E-state index < -0.39 is 0 Å². The van der Waals surface area contributed by atoms with Gasteiger partial charge in [-0.3, -0.25) is 0 Å². The normalized spacial score (nSPS) is 28.2. The molecular weight excluding hydrogens is 192 g/mol.